The van der Waals surface area contributed by atoms with Crippen LogP contribution < -0.4 is 5.32 Å². The Labute approximate surface area is 173 Å². The van der Waals surface area contributed by atoms with Crippen molar-refractivity contribution in [2.24, 2.45) is 5.10 Å². The van der Waals surface area contributed by atoms with E-state index in [-0.39, 0.29) is 27.8 Å². The average molecular weight is 436 g/mol. The lowest BCUT2D eigenvalue weighted by atomic mass is 10.0. The zero-order chi connectivity index (χ0) is 20.6. The molecule has 2 aromatic rings. The number of hydrogen-bond acceptors (Lipinski definition) is 4. The van der Waals surface area contributed by atoms with Crippen molar-refractivity contribution < 1.29 is 17.6 Å². The highest BCUT2D eigenvalue weighted by Crippen LogP contribution is 2.31. The van der Waals surface area contributed by atoms with Crippen LogP contribution in [0.15, 0.2) is 52.5 Å². The molecule has 1 N–H and O–H groups in total. The number of hydrogen-bond donors (Lipinski definition) is 1. The number of halogens is 2. The van der Waals surface area contributed by atoms with Crippen LogP contribution >= 0.6 is 11.6 Å². The monoisotopic (exact) mass is 435 g/mol. The van der Waals surface area contributed by atoms with Crippen molar-refractivity contribution in [3.63, 3.8) is 0 Å². The molecule has 1 heterocycles. The summed E-state index contributed by atoms with van der Waals surface area (Å²) in [7, 11) is -4.08. The molecule has 2 aromatic carbocycles. The molecular weight excluding hydrogens is 417 g/mol. The van der Waals surface area contributed by atoms with E-state index in [9.17, 15) is 17.6 Å². The molecule has 152 valence electrons. The Kier molecular flexibility index (Phi) is 5.31. The van der Waals surface area contributed by atoms with Gasteiger partial charge in [-0.3, -0.25) is 4.79 Å². The molecule has 2 aliphatic rings. The smallest absolute Gasteiger partial charge is 0.280 e. The standard InChI is InChI=1S/C20H19ClFN3O3S/c21-13-9-10-18-16(11-13)20(15-7-3-4-8-17(15)22)24-25(29(18,27)28)12-19(26)23-14-5-1-2-6-14/h3-4,7-11,14H,1-2,5-6,12H2,(H,23,26). The van der Waals surface area contributed by atoms with Crippen molar-refractivity contribution >= 4 is 33.2 Å². The number of benzene rings is 2. The molecule has 1 aliphatic carbocycles. The highest BCUT2D eigenvalue weighted by molar-refractivity contribution is 7.89. The van der Waals surface area contributed by atoms with Crippen molar-refractivity contribution in [1.82, 2.24) is 9.73 Å². The normalized spacial score (nSPS) is 18.3. The zero-order valence-corrected chi connectivity index (χ0v) is 17.0. The van der Waals surface area contributed by atoms with Gasteiger partial charge in [0.05, 0.1) is 4.90 Å². The molecule has 1 saturated carbocycles. The van der Waals surface area contributed by atoms with Gasteiger partial charge in [-0.15, -0.1) is 0 Å². The summed E-state index contributed by atoms with van der Waals surface area (Å²) in [5, 5.41) is 7.32. The number of hydrazone groups is 1. The van der Waals surface area contributed by atoms with Gasteiger partial charge in [0.1, 0.15) is 18.1 Å². The highest BCUT2D eigenvalue weighted by atomic mass is 35.5. The van der Waals surface area contributed by atoms with Crippen molar-refractivity contribution in [1.29, 1.82) is 0 Å². The Bertz CT molecular complexity index is 1100. The van der Waals surface area contributed by atoms with Crippen LogP contribution in [-0.2, 0) is 14.8 Å². The predicted molar refractivity (Wildman–Crippen MR) is 108 cm³/mol. The quantitative estimate of drug-likeness (QED) is 0.800. The number of fused-ring (bicyclic) bond motifs is 1. The second kappa shape index (κ2) is 7.76. The second-order valence-electron chi connectivity index (χ2n) is 7.10. The van der Waals surface area contributed by atoms with Crippen LogP contribution in [0.5, 0.6) is 0 Å². The minimum atomic E-state index is -4.08. The Morgan fingerprint density at radius 1 is 1.17 bits per heavy atom. The van der Waals surface area contributed by atoms with E-state index in [1.54, 1.807) is 6.07 Å². The molecule has 0 unspecified atom stereocenters. The van der Waals surface area contributed by atoms with Gasteiger partial charge in [-0.25, -0.2) is 4.39 Å². The largest absolute Gasteiger partial charge is 0.352 e. The minimum absolute atomic E-state index is 0.0519. The van der Waals surface area contributed by atoms with E-state index in [1.807, 2.05) is 0 Å². The van der Waals surface area contributed by atoms with Gasteiger partial charge in [0.25, 0.3) is 10.0 Å². The zero-order valence-electron chi connectivity index (χ0n) is 15.4. The molecule has 4 rings (SSSR count). The number of sulfonamides is 1. The van der Waals surface area contributed by atoms with Gasteiger partial charge in [0.2, 0.25) is 5.91 Å². The van der Waals surface area contributed by atoms with Crippen molar-refractivity contribution in [2.45, 2.75) is 36.6 Å². The SMILES string of the molecule is O=C(CN1N=C(c2ccccc2F)c2cc(Cl)ccc2S1(=O)=O)NC1CCCC1. The van der Waals surface area contributed by atoms with E-state index >= 15 is 0 Å². The van der Waals surface area contributed by atoms with E-state index < -0.39 is 28.3 Å². The second-order valence-corrected chi connectivity index (χ2v) is 9.35. The van der Waals surface area contributed by atoms with Gasteiger partial charge in [0.15, 0.2) is 0 Å². The van der Waals surface area contributed by atoms with Gasteiger partial charge in [-0.1, -0.05) is 36.6 Å². The van der Waals surface area contributed by atoms with E-state index in [4.69, 9.17) is 11.6 Å². The van der Waals surface area contributed by atoms with Crippen LogP contribution in [0.1, 0.15) is 36.8 Å². The first-order valence-corrected chi connectivity index (χ1v) is 11.1. The van der Waals surface area contributed by atoms with Crippen LogP contribution in [0.2, 0.25) is 5.02 Å². The topological polar surface area (TPSA) is 78.8 Å². The summed E-state index contributed by atoms with van der Waals surface area (Å²) in [4.78, 5) is 12.4. The molecule has 29 heavy (non-hydrogen) atoms. The lowest BCUT2D eigenvalue weighted by molar-refractivity contribution is -0.122. The molecule has 6 nitrogen and oxygen atoms in total. The number of carbonyl (C=O) groups excluding carboxylic acids is 1. The summed E-state index contributed by atoms with van der Waals surface area (Å²) in [6, 6.07) is 10.2. The van der Waals surface area contributed by atoms with E-state index in [1.165, 1.54) is 36.4 Å². The van der Waals surface area contributed by atoms with Gasteiger partial charge in [-0.05, 0) is 43.2 Å². The van der Waals surface area contributed by atoms with Crippen LogP contribution in [0.25, 0.3) is 0 Å². The Morgan fingerprint density at radius 2 is 1.90 bits per heavy atom. The molecule has 9 heteroatoms. The molecule has 1 fully saturated rings. The molecular formula is C20H19ClFN3O3S. The van der Waals surface area contributed by atoms with Crippen molar-refractivity contribution in [3.8, 4) is 0 Å². The maximum Gasteiger partial charge on any atom is 0.280 e. The Hall–Kier alpha value is -2.45. The van der Waals surface area contributed by atoms with Gasteiger partial charge >= 0.3 is 0 Å². The summed E-state index contributed by atoms with van der Waals surface area (Å²) in [5.74, 6) is -0.985. The van der Waals surface area contributed by atoms with Gasteiger partial charge in [-0.2, -0.15) is 17.9 Å². The van der Waals surface area contributed by atoms with Gasteiger partial charge < -0.3 is 5.32 Å². The first kappa shape index (κ1) is 19.8. The number of carbonyl (C=O) groups is 1. The van der Waals surface area contributed by atoms with Crippen LogP contribution in [-0.4, -0.2) is 37.0 Å². The van der Waals surface area contributed by atoms with Crippen LogP contribution in [0.4, 0.5) is 4.39 Å². The molecule has 1 aliphatic heterocycles. The van der Waals surface area contributed by atoms with Crippen LogP contribution in [0.3, 0.4) is 0 Å². The third-order valence-electron chi connectivity index (χ3n) is 5.09. The maximum atomic E-state index is 14.5. The fourth-order valence-corrected chi connectivity index (χ4v) is 5.23. The highest BCUT2D eigenvalue weighted by Gasteiger charge is 2.35. The first-order valence-electron chi connectivity index (χ1n) is 9.32. The molecule has 0 spiro atoms. The summed E-state index contributed by atoms with van der Waals surface area (Å²) in [6.45, 7) is -0.473. The van der Waals surface area contributed by atoms with Crippen molar-refractivity contribution in [3.05, 3.63) is 64.4 Å². The summed E-state index contributed by atoms with van der Waals surface area (Å²) < 4.78 is 41.3. The number of rotatable bonds is 4. The maximum absolute atomic E-state index is 14.5. The van der Waals surface area contributed by atoms with E-state index in [2.05, 4.69) is 10.4 Å². The summed E-state index contributed by atoms with van der Waals surface area (Å²) in [6.07, 6.45) is 3.83. The number of nitrogens with zero attached hydrogens (tertiary/aromatic N) is 2. The fourth-order valence-electron chi connectivity index (χ4n) is 3.68. The third-order valence-corrected chi connectivity index (χ3v) is 7.00. The fraction of sp³-hybridized carbons (Fsp3) is 0.300. The third kappa shape index (κ3) is 3.86. The number of nitrogens with one attached hydrogen (secondary N) is 1. The summed E-state index contributed by atoms with van der Waals surface area (Å²) >= 11 is 6.06. The molecule has 0 saturated heterocycles. The van der Waals surface area contributed by atoms with E-state index in [0.717, 1.165) is 30.1 Å². The lowest BCUT2D eigenvalue weighted by Crippen LogP contribution is -2.43. The minimum Gasteiger partial charge on any atom is -0.352 e. The first-order chi connectivity index (χ1) is 13.9. The Morgan fingerprint density at radius 3 is 2.62 bits per heavy atom. The summed E-state index contributed by atoms with van der Waals surface area (Å²) in [5.41, 5.74) is 0.450. The van der Waals surface area contributed by atoms with E-state index in [0.29, 0.717) is 5.02 Å². The average Bonchev–Trinajstić information content (AvgIpc) is 3.17. The molecule has 0 bridgehead atoms. The lowest BCUT2D eigenvalue weighted by Gasteiger charge is -2.27. The van der Waals surface area contributed by atoms with Crippen LogP contribution in [0, 0.1) is 5.82 Å². The van der Waals surface area contributed by atoms with Gasteiger partial charge in [0, 0.05) is 22.2 Å². The molecule has 0 atom stereocenters. The Balaban J connectivity index is 1.75. The predicted octanol–water partition coefficient (Wildman–Crippen LogP) is 3.29. The molecule has 0 aromatic heterocycles. The molecule has 0 radical (unpaired) electrons. The number of amides is 1. The van der Waals surface area contributed by atoms with Crippen molar-refractivity contribution in [2.75, 3.05) is 6.54 Å². The molecule has 1 amide bonds.